The molecule has 0 spiro atoms. The summed E-state index contributed by atoms with van der Waals surface area (Å²) in [6, 6.07) is 0. The van der Waals surface area contributed by atoms with Crippen LogP contribution in [-0.4, -0.2) is 23.1 Å². The van der Waals surface area contributed by atoms with Crippen LogP contribution in [0, 0.1) is 18.8 Å². The van der Waals surface area contributed by atoms with Crippen molar-refractivity contribution in [3.8, 4) is 0 Å². The molecule has 0 aromatic carbocycles. The number of nitrogens with zero attached hydrogens (tertiary/aromatic N) is 3. The first kappa shape index (κ1) is 18.2. The van der Waals surface area contributed by atoms with Crippen LogP contribution in [0.2, 0.25) is 5.15 Å². The van der Waals surface area contributed by atoms with Crippen LogP contribution in [0.25, 0.3) is 0 Å². The summed E-state index contributed by atoms with van der Waals surface area (Å²) < 4.78 is 0. The highest BCUT2D eigenvalue weighted by molar-refractivity contribution is 6.30. The third-order valence-corrected chi connectivity index (χ3v) is 4.04. The maximum absolute atomic E-state index is 6.29. The molecule has 4 heteroatoms. The smallest absolute Gasteiger partial charge is 0.137 e. The lowest BCUT2D eigenvalue weighted by atomic mass is 10.1. The van der Waals surface area contributed by atoms with E-state index < -0.39 is 0 Å². The second-order valence-electron chi connectivity index (χ2n) is 6.58. The summed E-state index contributed by atoms with van der Waals surface area (Å²) in [6.45, 7) is 15.2. The molecule has 0 aliphatic carbocycles. The molecular weight excluding hydrogens is 282 g/mol. The van der Waals surface area contributed by atoms with Crippen molar-refractivity contribution in [2.24, 2.45) is 11.8 Å². The molecule has 1 heterocycles. The summed E-state index contributed by atoms with van der Waals surface area (Å²) in [5.41, 5.74) is 1.00. The first-order valence-electron chi connectivity index (χ1n) is 8.13. The minimum atomic E-state index is 0.593. The fourth-order valence-electron chi connectivity index (χ4n) is 2.14. The molecule has 1 aromatic rings. The van der Waals surface area contributed by atoms with E-state index >= 15 is 0 Å². The summed E-state index contributed by atoms with van der Waals surface area (Å²) >= 11 is 6.29. The van der Waals surface area contributed by atoms with Gasteiger partial charge in [-0.15, -0.1) is 0 Å². The van der Waals surface area contributed by atoms with Crippen LogP contribution in [-0.2, 0) is 6.42 Å². The van der Waals surface area contributed by atoms with Gasteiger partial charge in [0.05, 0.1) is 0 Å². The molecule has 0 unspecified atom stereocenters. The van der Waals surface area contributed by atoms with Gasteiger partial charge in [-0.2, -0.15) is 0 Å². The Bertz CT molecular complexity index is 432. The predicted molar refractivity (Wildman–Crippen MR) is 92.3 cm³/mol. The Labute approximate surface area is 135 Å². The third kappa shape index (κ3) is 5.82. The molecule has 0 aliphatic heterocycles. The van der Waals surface area contributed by atoms with Crippen LogP contribution in [0.15, 0.2) is 0 Å². The van der Waals surface area contributed by atoms with E-state index in [-0.39, 0.29) is 0 Å². The second-order valence-corrected chi connectivity index (χ2v) is 6.94. The fourth-order valence-corrected chi connectivity index (χ4v) is 2.32. The summed E-state index contributed by atoms with van der Waals surface area (Å²) in [5.74, 6) is 3.23. The molecule has 0 aliphatic rings. The van der Waals surface area contributed by atoms with Crippen LogP contribution in [0.3, 0.4) is 0 Å². The third-order valence-electron chi connectivity index (χ3n) is 3.68. The van der Waals surface area contributed by atoms with Gasteiger partial charge in [-0.05, 0) is 31.6 Å². The molecule has 0 saturated carbocycles. The standard InChI is InChI=1S/C17H30ClN3/c1-7-15-19-16(18)14(6)17(20-15)21(10-8-12(2)3)11-9-13(4)5/h12-13H,7-11H2,1-6H3. The molecule has 0 fully saturated rings. The van der Waals surface area contributed by atoms with Gasteiger partial charge < -0.3 is 4.90 Å². The van der Waals surface area contributed by atoms with Crippen molar-refractivity contribution >= 4 is 17.4 Å². The molecule has 0 saturated heterocycles. The lowest BCUT2D eigenvalue weighted by molar-refractivity contribution is 0.531. The Hall–Kier alpha value is -0.830. The van der Waals surface area contributed by atoms with Crippen LogP contribution in [0.4, 0.5) is 5.82 Å². The Kier molecular flexibility index (Phi) is 7.44. The highest BCUT2D eigenvalue weighted by Crippen LogP contribution is 2.25. The highest BCUT2D eigenvalue weighted by Gasteiger charge is 2.16. The molecular formula is C17H30ClN3. The van der Waals surface area contributed by atoms with Gasteiger partial charge in [0.1, 0.15) is 16.8 Å². The summed E-state index contributed by atoms with van der Waals surface area (Å²) in [6.07, 6.45) is 3.15. The number of aromatic nitrogens is 2. The van der Waals surface area contributed by atoms with E-state index in [0.717, 1.165) is 36.7 Å². The van der Waals surface area contributed by atoms with Crippen molar-refractivity contribution in [2.45, 2.75) is 60.8 Å². The van der Waals surface area contributed by atoms with Crippen LogP contribution < -0.4 is 4.90 Å². The molecule has 21 heavy (non-hydrogen) atoms. The molecule has 1 rings (SSSR count). The molecule has 0 bridgehead atoms. The van der Waals surface area contributed by atoms with E-state index in [1.165, 1.54) is 12.8 Å². The van der Waals surface area contributed by atoms with E-state index in [0.29, 0.717) is 17.0 Å². The van der Waals surface area contributed by atoms with Crippen molar-refractivity contribution in [1.82, 2.24) is 9.97 Å². The molecule has 0 N–H and O–H groups in total. The Morgan fingerprint density at radius 3 is 1.95 bits per heavy atom. The molecule has 0 radical (unpaired) electrons. The van der Waals surface area contributed by atoms with E-state index in [4.69, 9.17) is 16.6 Å². The summed E-state index contributed by atoms with van der Waals surface area (Å²) in [5, 5.41) is 0.593. The maximum atomic E-state index is 6.29. The van der Waals surface area contributed by atoms with Gasteiger partial charge in [0, 0.05) is 25.1 Å². The zero-order chi connectivity index (χ0) is 16.0. The number of hydrogen-bond acceptors (Lipinski definition) is 3. The van der Waals surface area contributed by atoms with Crippen molar-refractivity contribution in [1.29, 1.82) is 0 Å². The average Bonchev–Trinajstić information content (AvgIpc) is 2.41. The van der Waals surface area contributed by atoms with Gasteiger partial charge in [0.15, 0.2) is 0 Å². The zero-order valence-corrected chi connectivity index (χ0v) is 15.2. The average molecular weight is 312 g/mol. The van der Waals surface area contributed by atoms with Gasteiger partial charge in [-0.3, -0.25) is 0 Å². The lowest BCUT2D eigenvalue weighted by Gasteiger charge is -2.27. The van der Waals surface area contributed by atoms with Gasteiger partial charge in [-0.25, -0.2) is 9.97 Å². The maximum Gasteiger partial charge on any atom is 0.137 e. The molecule has 1 aromatic heterocycles. The second kappa shape index (κ2) is 8.57. The SMILES string of the molecule is CCc1nc(Cl)c(C)c(N(CCC(C)C)CCC(C)C)n1. The highest BCUT2D eigenvalue weighted by atomic mass is 35.5. The van der Waals surface area contributed by atoms with E-state index in [9.17, 15) is 0 Å². The van der Waals surface area contributed by atoms with Crippen molar-refractivity contribution in [3.05, 3.63) is 16.5 Å². The van der Waals surface area contributed by atoms with Crippen molar-refractivity contribution in [3.63, 3.8) is 0 Å². The first-order valence-corrected chi connectivity index (χ1v) is 8.50. The first-order chi connectivity index (χ1) is 9.85. The van der Waals surface area contributed by atoms with Gasteiger partial charge in [0.2, 0.25) is 0 Å². The Morgan fingerprint density at radius 1 is 1.00 bits per heavy atom. The van der Waals surface area contributed by atoms with Gasteiger partial charge in [0.25, 0.3) is 0 Å². The minimum Gasteiger partial charge on any atom is -0.356 e. The van der Waals surface area contributed by atoms with E-state index in [2.05, 4.69) is 44.5 Å². The van der Waals surface area contributed by atoms with Gasteiger partial charge in [-0.1, -0.05) is 46.2 Å². The number of hydrogen-bond donors (Lipinski definition) is 0. The van der Waals surface area contributed by atoms with Crippen LogP contribution in [0.5, 0.6) is 0 Å². The monoisotopic (exact) mass is 311 g/mol. The van der Waals surface area contributed by atoms with Crippen molar-refractivity contribution in [2.75, 3.05) is 18.0 Å². The molecule has 120 valence electrons. The largest absolute Gasteiger partial charge is 0.356 e. The summed E-state index contributed by atoms with van der Waals surface area (Å²) in [7, 11) is 0. The fraction of sp³-hybridized carbons (Fsp3) is 0.765. The quantitative estimate of drug-likeness (QED) is 0.639. The lowest BCUT2D eigenvalue weighted by Crippen LogP contribution is -2.29. The topological polar surface area (TPSA) is 29.0 Å². The Morgan fingerprint density at radius 2 is 1.52 bits per heavy atom. The van der Waals surface area contributed by atoms with E-state index in [1.54, 1.807) is 0 Å². The van der Waals surface area contributed by atoms with E-state index in [1.807, 2.05) is 6.92 Å². The summed E-state index contributed by atoms with van der Waals surface area (Å²) in [4.78, 5) is 11.5. The van der Waals surface area contributed by atoms with Crippen LogP contribution in [0.1, 0.15) is 58.8 Å². The number of aryl methyl sites for hydroxylation is 1. The van der Waals surface area contributed by atoms with Crippen LogP contribution >= 0.6 is 11.6 Å². The van der Waals surface area contributed by atoms with Gasteiger partial charge >= 0.3 is 0 Å². The van der Waals surface area contributed by atoms with Crippen molar-refractivity contribution < 1.29 is 0 Å². The number of anilines is 1. The molecule has 0 amide bonds. The predicted octanol–water partition coefficient (Wildman–Crippen LogP) is 4.90. The molecule has 0 atom stereocenters. The number of rotatable bonds is 8. The molecule has 3 nitrogen and oxygen atoms in total. The zero-order valence-electron chi connectivity index (χ0n) is 14.4. The normalized spacial score (nSPS) is 11.5. The number of halogens is 1. The minimum absolute atomic E-state index is 0.593. The Balaban J connectivity index is 3.02.